The number of benzene rings is 2. The number of rotatable bonds is 5. The monoisotopic (exact) mass is 353 g/mol. The molecule has 0 aliphatic heterocycles. The summed E-state index contributed by atoms with van der Waals surface area (Å²) < 4.78 is 0.905. The lowest BCUT2D eigenvalue weighted by atomic mass is 10.1. The molecule has 0 amide bonds. The number of nitrogens with zero attached hydrogens (tertiary/aromatic N) is 3. The second kappa shape index (κ2) is 7.18. The molecule has 3 aromatic rings. The molecule has 4 heteroatoms. The van der Waals surface area contributed by atoms with E-state index in [9.17, 15) is 0 Å². The van der Waals surface area contributed by atoms with Crippen LogP contribution in [0.5, 0.6) is 0 Å². The zero-order valence-corrected chi connectivity index (χ0v) is 13.6. The molecule has 0 radical (unpaired) electrons. The van der Waals surface area contributed by atoms with Gasteiger partial charge in [0.05, 0.1) is 4.47 Å². The third kappa shape index (κ3) is 3.71. The number of anilines is 1. The Morgan fingerprint density at radius 2 is 1.36 bits per heavy atom. The minimum atomic E-state index is 0.797. The van der Waals surface area contributed by atoms with Gasteiger partial charge in [0.15, 0.2) is 0 Å². The van der Waals surface area contributed by atoms with Crippen LogP contribution in [0, 0.1) is 0 Å². The second-order valence-corrected chi connectivity index (χ2v) is 5.88. The molecule has 110 valence electrons. The van der Waals surface area contributed by atoms with E-state index < -0.39 is 0 Å². The first-order chi connectivity index (χ1) is 10.8. The van der Waals surface area contributed by atoms with Gasteiger partial charge in [0.2, 0.25) is 0 Å². The minimum absolute atomic E-state index is 0.797. The van der Waals surface area contributed by atoms with Gasteiger partial charge in [-0.25, -0.2) is 9.97 Å². The molecule has 3 rings (SSSR count). The van der Waals surface area contributed by atoms with Crippen molar-refractivity contribution in [2.75, 3.05) is 4.90 Å². The van der Waals surface area contributed by atoms with E-state index in [1.165, 1.54) is 11.1 Å². The number of halogens is 1. The largest absolute Gasteiger partial charge is 0.347 e. The van der Waals surface area contributed by atoms with E-state index in [-0.39, 0.29) is 0 Å². The van der Waals surface area contributed by atoms with Crippen molar-refractivity contribution in [2.24, 2.45) is 0 Å². The fraction of sp³-hybridized carbons (Fsp3) is 0.111. The van der Waals surface area contributed by atoms with E-state index in [0.717, 1.165) is 23.4 Å². The Bertz CT molecular complexity index is 675. The van der Waals surface area contributed by atoms with E-state index in [1.54, 1.807) is 12.5 Å². The van der Waals surface area contributed by atoms with Crippen LogP contribution >= 0.6 is 15.9 Å². The minimum Gasteiger partial charge on any atom is -0.347 e. The lowest BCUT2D eigenvalue weighted by Crippen LogP contribution is -2.23. The molecule has 0 bridgehead atoms. The fourth-order valence-electron chi connectivity index (χ4n) is 2.35. The van der Waals surface area contributed by atoms with Crippen LogP contribution < -0.4 is 4.90 Å². The molecule has 1 heterocycles. The van der Waals surface area contributed by atoms with Crippen LogP contribution in [0.1, 0.15) is 11.1 Å². The fourth-order valence-corrected chi connectivity index (χ4v) is 2.82. The van der Waals surface area contributed by atoms with Crippen molar-refractivity contribution >= 4 is 21.7 Å². The maximum absolute atomic E-state index is 4.44. The van der Waals surface area contributed by atoms with Crippen LogP contribution in [0.2, 0.25) is 0 Å². The van der Waals surface area contributed by atoms with Gasteiger partial charge in [0, 0.05) is 19.3 Å². The summed E-state index contributed by atoms with van der Waals surface area (Å²) in [5.41, 5.74) is 2.51. The second-order valence-electron chi connectivity index (χ2n) is 5.02. The van der Waals surface area contributed by atoms with Crippen molar-refractivity contribution < 1.29 is 0 Å². The highest BCUT2D eigenvalue weighted by Gasteiger charge is 2.13. The number of aromatic nitrogens is 2. The molecule has 0 aliphatic carbocycles. The van der Waals surface area contributed by atoms with Crippen molar-refractivity contribution in [1.29, 1.82) is 0 Å². The summed E-state index contributed by atoms with van der Waals surface area (Å²) in [7, 11) is 0. The molecular weight excluding hydrogens is 338 g/mol. The number of hydrogen-bond acceptors (Lipinski definition) is 3. The zero-order valence-electron chi connectivity index (χ0n) is 12.1. The summed E-state index contributed by atoms with van der Waals surface area (Å²) in [5.74, 6) is 0.905. The van der Waals surface area contributed by atoms with Crippen LogP contribution in [0.3, 0.4) is 0 Å². The van der Waals surface area contributed by atoms with Gasteiger partial charge in [-0.2, -0.15) is 0 Å². The first kappa shape index (κ1) is 14.7. The van der Waals surface area contributed by atoms with Crippen molar-refractivity contribution in [1.82, 2.24) is 9.97 Å². The lowest BCUT2D eigenvalue weighted by molar-refractivity contribution is 0.777. The number of hydrogen-bond donors (Lipinski definition) is 0. The Morgan fingerprint density at radius 3 is 1.86 bits per heavy atom. The van der Waals surface area contributed by atoms with Crippen LogP contribution in [0.15, 0.2) is 77.7 Å². The van der Waals surface area contributed by atoms with Gasteiger partial charge in [-0.3, -0.25) is 0 Å². The summed E-state index contributed by atoms with van der Waals surface area (Å²) in [6.07, 6.45) is 3.37. The van der Waals surface area contributed by atoms with E-state index in [2.05, 4.69) is 79.3 Å². The topological polar surface area (TPSA) is 29.0 Å². The Balaban J connectivity index is 1.90. The van der Waals surface area contributed by atoms with Gasteiger partial charge in [0.25, 0.3) is 0 Å². The SMILES string of the molecule is Brc1cncnc1N(Cc1ccccc1)Cc1ccccc1. The summed E-state index contributed by atoms with van der Waals surface area (Å²) >= 11 is 3.56. The molecule has 0 saturated carbocycles. The van der Waals surface area contributed by atoms with Gasteiger partial charge in [0.1, 0.15) is 12.1 Å². The molecule has 0 aliphatic rings. The van der Waals surface area contributed by atoms with Gasteiger partial charge < -0.3 is 4.90 Å². The van der Waals surface area contributed by atoms with Gasteiger partial charge in [-0.05, 0) is 27.1 Å². The third-order valence-electron chi connectivity index (χ3n) is 3.38. The molecule has 1 aromatic heterocycles. The maximum Gasteiger partial charge on any atom is 0.146 e. The van der Waals surface area contributed by atoms with Gasteiger partial charge in [-0.15, -0.1) is 0 Å². The third-order valence-corrected chi connectivity index (χ3v) is 3.94. The Labute approximate surface area is 138 Å². The first-order valence-electron chi connectivity index (χ1n) is 7.11. The van der Waals surface area contributed by atoms with E-state index in [4.69, 9.17) is 0 Å². The Hall–Kier alpha value is -2.20. The van der Waals surface area contributed by atoms with E-state index in [1.807, 2.05) is 12.1 Å². The Kier molecular flexibility index (Phi) is 4.81. The predicted octanol–water partition coefficient (Wildman–Crippen LogP) is 4.45. The van der Waals surface area contributed by atoms with Crippen molar-refractivity contribution in [2.45, 2.75) is 13.1 Å². The van der Waals surface area contributed by atoms with Crippen molar-refractivity contribution in [3.63, 3.8) is 0 Å². The standard InChI is InChI=1S/C18H16BrN3/c19-17-11-20-14-21-18(17)22(12-15-7-3-1-4-8-15)13-16-9-5-2-6-10-16/h1-11,14H,12-13H2. The molecule has 0 unspecified atom stereocenters. The molecule has 0 spiro atoms. The average molecular weight is 354 g/mol. The van der Waals surface area contributed by atoms with Crippen molar-refractivity contribution in [3.8, 4) is 0 Å². The van der Waals surface area contributed by atoms with Gasteiger partial charge >= 0.3 is 0 Å². The van der Waals surface area contributed by atoms with Crippen LogP contribution in [0.25, 0.3) is 0 Å². The molecule has 0 atom stereocenters. The van der Waals surface area contributed by atoms with E-state index in [0.29, 0.717) is 0 Å². The van der Waals surface area contributed by atoms with Crippen LogP contribution in [0.4, 0.5) is 5.82 Å². The normalized spacial score (nSPS) is 10.4. The zero-order chi connectivity index (χ0) is 15.2. The highest BCUT2D eigenvalue weighted by Crippen LogP contribution is 2.25. The molecule has 22 heavy (non-hydrogen) atoms. The molecule has 3 nitrogen and oxygen atoms in total. The quantitative estimate of drug-likeness (QED) is 0.678. The van der Waals surface area contributed by atoms with Crippen LogP contribution in [-0.2, 0) is 13.1 Å². The summed E-state index contributed by atoms with van der Waals surface area (Å²) in [5, 5.41) is 0. The Morgan fingerprint density at radius 1 is 0.818 bits per heavy atom. The van der Waals surface area contributed by atoms with Crippen LogP contribution in [-0.4, -0.2) is 9.97 Å². The van der Waals surface area contributed by atoms with Gasteiger partial charge in [-0.1, -0.05) is 60.7 Å². The average Bonchev–Trinajstić information content (AvgIpc) is 2.57. The van der Waals surface area contributed by atoms with E-state index >= 15 is 0 Å². The molecule has 0 saturated heterocycles. The highest BCUT2D eigenvalue weighted by molar-refractivity contribution is 9.10. The smallest absolute Gasteiger partial charge is 0.146 e. The summed E-state index contributed by atoms with van der Waals surface area (Å²) in [6, 6.07) is 20.8. The highest BCUT2D eigenvalue weighted by atomic mass is 79.9. The lowest BCUT2D eigenvalue weighted by Gasteiger charge is -2.24. The maximum atomic E-state index is 4.44. The summed E-state index contributed by atoms with van der Waals surface area (Å²) in [6.45, 7) is 1.59. The molecule has 0 fully saturated rings. The summed E-state index contributed by atoms with van der Waals surface area (Å²) in [4.78, 5) is 10.7. The van der Waals surface area contributed by atoms with Crippen molar-refractivity contribution in [3.05, 3.63) is 88.8 Å². The first-order valence-corrected chi connectivity index (χ1v) is 7.90. The molecular formula is C18H16BrN3. The predicted molar refractivity (Wildman–Crippen MR) is 92.5 cm³/mol. The molecule has 2 aromatic carbocycles. The molecule has 0 N–H and O–H groups in total.